The summed E-state index contributed by atoms with van der Waals surface area (Å²) >= 11 is 0. The molecular weight excluding hydrogens is 227 g/mol. The summed E-state index contributed by atoms with van der Waals surface area (Å²) in [6.45, 7) is 4.86. The van der Waals surface area contributed by atoms with Gasteiger partial charge in [-0.3, -0.25) is 4.90 Å². The highest BCUT2D eigenvalue weighted by molar-refractivity contribution is 5.23. The zero-order chi connectivity index (χ0) is 13.0. The second-order valence-electron chi connectivity index (χ2n) is 5.33. The number of hydrogen-bond donors (Lipinski definition) is 1. The molecule has 2 rings (SSSR count). The fourth-order valence-corrected chi connectivity index (χ4v) is 2.59. The first-order chi connectivity index (χ1) is 8.66. The third-order valence-corrected chi connectivity index (χ3v) is 3.84. The molecule has 0 spiro atoms. The lowest BCUT2D eigenvalue weighted by molar-refractivity contribution is 0.216. The molecule has 0 aliphatic carbocycles. The van der Waals surface area contributed by atoms with Crippen molar-refractivity contribution < 1.29 is 4.39 Å². The number of rotatable bonds is 3. The number of aryl methyl sites for hydroxylation is 1. The van der Waals surface area contributed by atoms with Gasteiger partial charge in [0.1, 0.15) is 5.82 Å². The highest BCUT2D eigenvalue weighted by Crippen LogP contribution is 2.16. The average molecular weight is 250 g/mol. The molecule has 1 aromatic carbocycles. The maximum atomic E-state index is 13.5. The Morgan fingerprint density at radius 3 is 2.94 bits per heavy atom. The molecule has 1 unspecified atom stereocenters. The van der Waals surface area contributed by atoms with Crippen molar-refractivity contribution >= 4 is 0 Å². The smallest absolute Gasteiger partial charge is 0.126 e. The van der Waals surface area contributed by atoms with E-state index in [1.165, 1.54) is 19.3 Å². The van der Waals surface area contributed by atoms with E-state index in [-0.39, 0.29) is 5.82 Å². The first-order valence-corrected chi connectivity index (χ1v) is 6.83. The van der Waals surface area contributed by atoms with Gasteiger partial charge in [-0.05, 0) is 63.5 Å². The topological polar surface area (TPSA) is 15.3 Å². The Balaban J connectivity index is 1.96. The molecule has 0 bridgehead atoms. The van der Waals surface area contributed by atoms with Crippen molar-refractivity contribution in [2.75, 3.05) is 20.1 Å². The molecule has 100 valence electrons. The normalized spacial score (nSPS) is 21.0. The van der Waals surface area contributed by atoms with Crippen LogP contribution < -0.4 is 5.32 Å². The first-order valence-electron chi connectivity index (χ1n) is 6.83. The van der Waals surface area contributed by atoms with Crippen LogP contribution in [0.1, 0.15) is 30.4 Å². The van der Waals surface area contributed by atoms with E-state index >= 15 is 0 Å². The summed E-state index contributed by atoms with van der Waals surface area (Å²) in [5.74, 6) is -0.0940. The lowest BCUT2D eigenvalue weighted by atomic mass is 10.1. The largest absolute Gasteiger partial charge is 0.317 e. The predicted molar refractivity (Wildman–Crippen MR) is 73.1 cm³/mol. The summed E-state index contributed by atoms with van der Waals surface area (Å²) in [6.07, 6.45) is 3.65. The van der Waals surface area contributed by atoms with Crippen molar-refractivity contribution in [3.05, 3.63) is 35.1 Å². The van der Waals surface area contributed by atoms with Crippen molar-refractivity contribution in [1.82, 2.24) is 10.2 Å². The Labute approximate surface area is 109 Å². The summed E-state index contributed by atoms with van der Waals surface area (Å²) in [5, 5.41) is 3.43. The van der Waals surface area contributed by atoms with E-state index < -0.39 is 0 Å². The summed E-state index contributed by atoms with van der Waals surface area (Å²) in [4.78, 5) is 2.36. The zero-order valence-corrected chi connectivity index (χ0v) is 11.4. The summed E-state index contributed by atoms with van der Waals surface area (Å²) in [5.41, 5.74) is 1.79. The van der Waals surface area contributed by atoms with E-state index in [0.717, 1.165) is 30.8 Å². The molecule has 1 atom stereocenters. The zero-order valence-electron chi connectivity index (χ0n) is 11.4. The number of hydrogen-bond acceptors (Lipinski definition) is 2. The van der Waals surface area contributed by atoms with Crippen LogP contribution in [-0.4, -0.2) is 31.1 Å². The van der Waals surface area contributed by atoms with Gasteiger partial charge in [0.05, 0.1) is 0 Å². The Bertz CT molecular complexity index is 384. The molecular formula is C15H23FN2. The quantitative estimate of drug-likeness (QED) is 0.887. The van der Waals surface area contributed by atoms with Crippen molar-refractivity contribution in [3.8, 4) is 0 Å². The van der Waals surface area contributed by atoms with Crippen LogP contribution in [-0.2, 0) is 6.54 Å². The Kier molecular flexibility index (Phi) is 4.72. The molecule has 1 heterocycles. The van der Waals surface area contributed by atoms with Gasteiger partial charge in [-0.2, -0.15) is 0 Å². The third kappa shape index (κ3) is 3.53. The molecule has 1 aromatic rings. The SMILES string of the molecule is Cc1ccc(CN(C)C2CCCNCC2)cc1F. The minimum Gasteiger partial charge on any atom is -0.317 e. The minimum absolute atomic E-state index is 0.0940. The Morgan fingerprint density at radius 1 is 1.33 bits per heavy atom. The number of halogens is 1. The number of nitrogens with one attached hydrogen (secondary N) is 1. The predicted octanol–water partition coefficient (Wildman–Crippen LogP) is 2.71. The molecule has 1 aliphatic rings. The molecule has 3 heteroatoms. The standard InChI is InChI=1S/C15H23FN2/c1-12-5-6-13(10-15(12)16)11-18(2)14-4-3-8-17-9-7-14/h5-6,10,14,17H,3-4,7-9,11H2,1-2H3. The average Bonchev–Trinajstić information content (AvgIpc) is 2.62. The second kappa shape index (κ2) is 6.30. The van der Waals surface area contributed by atoms with Gasteiger partial charge in [0.2, 0.25) is 0 Å². The van der Waals surface area contributed by atoms with E-state index in [4.69, 9.17) is 0 Å². The van der Waals surface area contributed by atoms with Crippen molar-refractivity contribution in [2.45, 2.75) is 38.8 Å². The molecule has 0 amide bonds. The lowest BCUT2D eigenvalue weighted by Crippen LogP contribution is -2.32. The summed E-state index contributed by atoms with van der Waals surface area (Å²) in [6, 6.07) is 6.18. The van der Waals surface area contributed by atoms with Gasteiger partial charge in [-0.25, -0.2) is 4.39 Å². The second-order valence-corrected chi connectivity index (χ2v) is 5.33. The van der Waals surface area contributed by atoms with Crippen LogP contribution in [0.3, 0.4) is 0 Å². The van der Waals surface area contributed by atoms with Crippen LogP contribution in [0.5, 0.6) is 0 Å². The molecule has 1 fully saturated rings. The van der Waals surface area contributed by atoms with Gasteiger partial charge >= 0.3 is 0 Å². The van der Waals surface area contributed by atoms with E-state index in [0.29, 0.717) is 6.04 Å². The molecule has 2 nitrogen and oxygen atoms in total. The molecule has 0 aromatic heterocycles. The van der Waals surface area contributed by atoms with Crippen LogP contribution >= 0.6 is 0 Å². The number of benzene rings is 1. The van der Waals surface area contributed by atoms with Crippen molar-refractivity contribution in [1.29, 1.82) is 0 Å². The fourth-order valence-electron chi connectivity index (χ4n) is 2.59. The first kappa shape index (κ1) is 13.5. The van der Waals surface area contributed by atoms with Crippen LogP contribution in [0.2, 0.25) is 0 Å². The third-order valence-electron chi connectivity index (χ3n) is 3.84. The van der Waals surface area contributed by atoms with Gasteiger partial charge in [-0.15, -0.1) is 0 Å². The Morgan fingerprint density at radius 2 is 2.17 bits per heavy atom. The highest BCUT2D eigenvalue weighted by Gasteiger charge is 2.16. The van der Waals surface area contributed by atoms with Crippen molar-refractivity contribution in [2.24, 2.45) is 0 Å². The van der Waals surface area contributed by atoms with E-state index in [1.807, 2.05) is 12.1 Å². The monoisotopic (exact) mass is 250 g/mol. The molecule has 0 radical (unpaired) electrons. The maximum absolute atomic E-state index is 13.5. The fraction of sp³-hybridized carbons (Fsp3) is 0.600. The van der Waals surface area contributed by atoms with Crippen molar-refractivity contribution in [3.63, 3.8) is 0 Å². The van der Waals surface area contributed by atoms with Gasteiger partial charge in [-0.1, -0.05) is 12.1 Å². The summed E-state index contributed by atoms with van der Waals surface area (Å²) in [7, 11) is 2.15. The van der Waals surface area contributed by atoms with Gasteiger partial charge in [0, 0.05) is 12.6 Å². The van der Waals surface area contributed by atoms with E-state index in [1.54, 1.807) is 13.0 Å². The van der Waals surface area contributed by atoms with Crippen LogP contribution in [0.4, 0.5) is 4.39 Å². The van der Waals surface area contributed by atoms with E-state index in [9.17, 15) is 4.39 Å². The molecule has 1 N–H and O–H groups in total. The van der Waals surface area contributed by atoms with E-state index in [2.05, 4.69) is 17.3 Å². The number of nitrogens with zero attached hydrogens (tertiary/aromatic N) is 1. The Hall–Kier alpha value is -0.930. The van der Waals surface area contributed by atoms with Gasteiger partial charge in [0.15, 0.2) is 0 Å². The molecule has 0 saturated carbocycles. The lowest BCUT2D eigenvalue weighted by Gasteiger charge is -2.27. The van der Waals surface area contributed by atoms with Crippen LogP contribution in [0, 0.1) is 12.7 Å². The minimum atomic E-state index is -0.0940. The molecule has 1 aliphatic heterocycles. The molecule has 1 saturated heterocycles. The summed E-state index contributed by atoms with van der Waals surface area (Å²) < 4.78 is 13.5. The highest BCUT2D eigenvalue weighted by atomic mass is 19.1. The van der Waals surface area contributed by atoms with Crippen LogP contribution in [0.15, 0.2) is 18.2 Å². The van der Waals surface area contributed by atoms with Gasteiger partial charge < -0.3 is 5.32 Å². The van der Waals surface area contributed by atoms with Gasteiger partial charge in [0.25, 0.3) is 0 Å². The van der Waals surface area contributed by atoms with Crippen LogP contribution in [0.25, 0.3) is 0 Å². The maximum Gasteiger partial charge on any atom is 0.126 e. The molecule has 18 heavy (non-hydrogen) atoms.